The van der Waals surface area contributed by atoms with E-state index in [9.17, 15) is 8.42 Å². The summed E-state index contributed by atoms with van der Waals surface area (Å²) >= 11 is 5.74. The van der Waals surface area contributed by atoms with Crippen LogP contribution in [-0.2, 0) is 15.9 Å². The first kappa shape index (κ1) is 15.3. The summed E-state index contributed by atoms with van der Waals surface area (Å²) in [6, 6.07) is 6.87. The van der Waals surface area contributed by atoms with Gasteiger partial charge in [-0.1, -0.05) is 12.1 Å². The van der Waals surface area contributed by atoms with Crippen molar-refractivity contribution in [3.63, 3.8) is 0 Å². The molecular formula is C15H21ClN2O2S. The van der Waals surface area contributed by atoms with Gasteiger partial charge >= 0.3 is 0 Å². The van der Waals surface area contributed by atoms with Crippen LogP contribution in [0.25, 0.3) is 0 Å². The maximum Gasteiger partial charge on any atom is 0.243 e. The fourth-order valence-corrected chi connectivity index (χ4v) is 4.32. The quantitative estimate of drug-likeness (QED) is 0.778. The van der Waals surface area contributed by atoms with Gasteiger partial charge in [0.05, 0.1) is 4.90 Å². The summed E-state index contributed by atoms with van der Waals surface area (Å²) < 4.78 is 26.8. The summed E-state index contributed by atoms with van der Waals surface area (Å²) in [5.41, 5.74) is 0.935. The Labute approximate surface area is 131 Å². The Morgan fingerprint density at radius 1 is 1.05 bits per heavy atom. The zero-order chi connectivity index (χ0) is 14.9. The van der Waals surface area contributed by atoms with Crippen LogP contribution < -0.4 is 0 Å². The molecule has 1 saturated carbocycles. The van der Waals surface area contributed by atoms with Gasteiger partial charge in [0.1, 0.15) is 0 Å². The molecule has 0 unspecified atom stereocenters. The number of rotatable bonds is 5. The van der Waals surface area contributed by atoms with Crippen molar-refractivity contribution in [2.45, 2.75) is 23.6 Å². The first-order chi connectivity index (χ1) is 10.1. The summed E-state index contributed by atoms with van der Waals surface area (Å²) in [6.45, 7) is 4.00. The lowest BCUT2D eigenvalue weighted by atomic mass is 10.2. The lowest BCUT2D eigenvalue weighted by Crippen LogP contribution is -2.49. The lowest BCUT2D eigenvalue weighted by molar-refractivity contribution is 0.182. The van der Waals surface area contributed by atoms with Crippen LogP contribution in [0.5, 0.6) is 0 Å². The summed E-state index contributed by atoms with van der Waals surface area (Å²) in [5.74, 6) is 1.26. The summed E-state index contributed by atoms with van der Waals surface area (Å²) in [4.78, 5) is 2.76. The van der Waals surface area contributed by atoms with Gasteiger partial charge in [-0.25, -0.2) is 8.42 Å². The van der Waals surface area contributed by atoms with Gasteiger partial charge in [-0.15, -0.1) is 11.6 Å². The van der Waals surface area contributed by atoms with Gasteiger partial charge in [-0.05, 0) is 36.5 Å². The summed E-state index contributed by atoms with van der Waals surface area (Å²) in [7, 11) is -3.36. The number of benzene rings is 1. The van der Waals surface area contributed by atoms with Crippen molar-refractivity contribution < 1.29 is 8.42 Å². The van der Waals surface area contributed by atoms with Gasteiger partial charge in [-0.2, -0.15) is 4.31 Å². The third kappa shape index (κ3) is 3.59. The largest absolute Gasteiger partial charge is 0.300 e. The highest BCUT2D eigenvalue weighted by Crippen LogP contribution is 2.30. The molecule has 0 N–H and O–H groups in total. The molecule has 116 valence electrons. The molecule has 1 aromatic rings. The third-order valence-corrected chi connectivity index (χ3v) is 6.48. The second-order valence-corrected chi connectivity index (χ2v) is 8.13. The fraction of sp³-hybridized carbons (Fsp3) is 0.600. The molecule has 0 atom stereocenters. The predicted octanol–water partition coefficient (Wildman–Crippen LogP) is 2.14. The average Bonchev–Trinajstić information content (AvgIpc) is 3.32. The maximum absolute atomic E-state index is 12.6. The zero-order valence-corrected chi connectivity index (χ0v) is 13.6. The monoisotopic (exact) mass is 328 g/mol. The molecule has 0 aromatic heterocycles. The number of sulfonamides is 1. The number of nitrogens with zero attached hydrogens (tertiary/aromatic N) is 2. The van der Waals surface area contributed by atoms with Gasteiger partial charge in [0.2, 0.25) is 10.0 Å². The minimum Gasteiger partial charge on any atom is -0.300 e. The number of halogens is 1. The highest BCUT2D eigenvalue weighted by Gasteiger charge is 2.31. The van der Waals surface area contributed by atoms with E-state index in [2.05, 4.69) is 4.90 Å². The molecule has 1 heterocycles. The molecule has 3 rings (SSSR count). The van der Waals surface area contributed by atoms with Crippen LogP contribution in [0.15, 0.2) is 29.2 Å². The second kappa shape index (κ2) is 6.24. The van der Waals surface area contributed by atoms with Crippen LogP contribution >= 0.6 is 11.6 Å². The van der Waals surface area contributed by atoms with Crippen LogP contribution in [-0.4, -0.2) is 50.3 Å². The minimum absolute atomic E-state index is 0.368. The van der Waals surface area contributed by atoms with Crippen molar-refractivity contribution in [3.8, 4) is 0 Å². The molecule has 1 saturated heterocycles. The third-order valence-electron chi connectivity index (χ3n) is 4.26. The highest BCUT2D eigenvalue weighted by molar-refractivity contribution is 7.89. The van der Waals surface area contributed by atoms with E-state index in [1.54, 1.807) is 28.6 Å². The Morgan fingerprint density at radius 2 is 1.67 bits per heavy atom. The molecule has 0 bridgehead atoms. The molecule has 1 aliphatic heterocycles. The topological polar surface area (TPSA) is 40.6 Å². The highest BCUT2D eigenvalue weighted by atomic mass is 35.5. The van der Waals surface area contributed by atoms with E-state index in [4.69, 9.17) is 11.6 Å². The fourth-order valence-electron chi connectivity index (χ4n) is 2.72. The van der Waals surface area contributed by atoms with E-state index in [1.807, 2.05) is 0 Å². The lowest BCUT2D eigenvalue weighted by Gasteiger charge is -2.34. The van der Waals surface area contributed by atoms with E-state index in [0.29, 0.717) is 23.9 Å². The van der Waals surface area contributed by atoms with E-state index in [-0.39, 0.29) is 0 Å². The van der Waals surface area contributed by atoms with Crippen LogP contribution in [0.3, 0.4) is 0 Å². The Balaban J connectivity index is 1.64. The number of piperazine rings is 1. The standard InChI is InChI=1S/C15H21ClN2O2S/c16-11-13-3-5-15(6-4-13)21(19,20)18-9-7-17(8-10-18)12-14-1-2-14/h3-6,14H,1-2,7-12H2. The molecule has 1 aliphatic carbocycles. The van der Waals surface area contributed by atoms with Crippen molar-refractivity contribution in [1.82, 2.24) is 9.21 Å². The van der Waals surface area contributed by atoms with Gasteiger partial charge in [0, 0.05) is 38.6 Å². The summed E-state index contributed by atoms with van der Waals surface area (Å²) in [5, 5.41) is 0. The Morgan fingerprint density at radius 3 is 2.19 bits per heavy atom. The smallest absolute Gasteiger partial charge is 0.243 e. The van der Waals surface area contributed by atoms with Crippen LogP contribution in [0.1, 0.15) is 18.4 Å². The second-order valence-electron chi connectivity index (χ2n) is 5.93. The Kier molecular flexibility index (Phi) is 4.54. The molecular weight excluding hydrogens is 308 g/mol. The maximum atomic E-state index is 12.6. The number of hydrogen-bond acceptors (Lipinski definition) is 3. The van der Waals surface area contributed by atoms with Crippen molar-refractivity contribution in [3.05, 3.63) is 29.8 Å². The molecule has 0 spiro atoms. The van der Waals surface area contributed by atoms with Gasteiger partial charge < -0.3 is 4.90 Å². The van der Waals surface area contributed by atoms with E-state index in [0.717, 1.165) is 31.1 Å². The van der Waals surface area contributed by atoms with Crippen molar-refractivity contribution >= 4 is 21.6 Å². The Hall–Kier alpha value is -0.620. The zero-order valence-electron chi connectivity index (χ0n) is 12.0. The van der Waals surface area contributed by atoms with Crippen molar-refractivity contribution in [1.29, 1.82) is 0 Å². The SMILES string of the molecule is O=S(=O)(c1ccc(CCl)cc1)N1CCN(CC2CC2)CC1. The average molecular weight is 329 g/mol. The molecule has 21 heavy (non-hydrogen) atoms. The number of alkyl halides is 1. The molecule has 1 aromatic carbocycles. The van der Waals surface area contributed by atoms with Crippen molar-refractivity contribution in [2.24, 2.45) is 5.92 Å². The molecule has 0 radical (unpaired) electrons. The predicted molar refractivity (Wildman–Crippen MR) is 83.9 cm³/mol. The Bertz CT molecular complexity index is 576. The first-order valence-electron chi connectivity index (χ1n) is 7.47. The van der Waals surface area contributed by atoms with Crippen LogP contribution in [0, 0.1) is 5.92 Å². The molecule has 4 nitrogen and oxygen atoms in total. The first-order valence-corrected chi connectivity index (χ1v) is 9.44. The van der Waals surface area contributed by atoms with E-state index >= 15 is 0 Å². The van der Waals surface area contributed by atoms with Gasteiger partial charge in [0.25, 0.3) is 0 Å². The van der Waals surface area contributed by atoms with E-state index in [1.165, 1.54) is 12.8 Å². The normalized spacial score (nSPS) is 21.6. The molecule has 6 heteroatoms. The van der Waals surface area contributed by atoms with Crippen LogP contribution in [0.2, 0.25) is 0 Å². The van der Waals surface area contributed by atoms with E-state index < -0.39 is 10.0 Å². The van der Waals surface area contributed by atoms with Gasteiger partial charge in [0.15, 0.2) is 0 Å². The minimum atomic E-state index is -3.36. The molecule has 2 aliphatic rings. The molecule has 0 amide bonds. The summed E-state index contributed by atoms with van der Waals surface area (Å²) in [6.07, 6.45) is 2.68. The number of hydrogen-bond donors (Lipinski definition) is 0. The van der Waals surface area contributed by atoms with Crippen molar-refractivity contribution in [2.75, 3.05) is 32.7 Å². The molecule has 2 fully saturated rings. The van der Waals surface area contributed by atoms with Gasteiger partial charge in [-0.3, -0.25) is 0 Å². The van der Waals surface area contributed by atoms with Crippen LogP contribution in [0.4, 0.5) is 0 Å².